The smallest absolute Gasteiger partial charge is 0.329 e. The van der Waals surface area contributed by atoms with E-state index < -0.39 is 18.2 Å². The second-order valence-corrected chi connectivity index (χ2v) is 5.22. The van der Waals surface area contributed by atoms with E-state index in [4.69, 9.17) is 5.11 Å². The number of aryl methyl sites for hydroxylation is 1. The van der Waals surface area contributed by atoms with E-state index in [0.717, 1.165) is 15.6 Å². The number of rotatable bonds is 7. The van der Waals surface area contributed by atoms with Crippen molar-refractivity contribution in [2.24, 2.45) is 0 Å². The fraction of sp³-hybridized carbons (Fsp3) is 0.286. The molecule has 24 heavy (non-hydrogen) atoms. The summed E-state index contributed by atoms with van der Waals surface area (Å²) in [5.74, 6) is -0.921. The highest BCUT2D eigenvalue weighted by atomic mass is 16.4. The number of anilines is 1. The van der Waals surface area contributed by atoms with Gasteiger partial charge in [0, 0.05) is 12.7 Å². The van der Waals surface area contributed by atoms with Gasteiger partial charge in [-0.1, -0.05) is 0 Å². The third-order valence-corrected chi connectivity index (χ3v) is 3.50. The van der Waals surface area contributed by atoms with Crippen molar-refractivity contribution in [1.29, 1.82) is 0 Å². The molecule has 0 atom stereocenters. The van der Waals surface area contributed by atoms with E-state index in [-0.39, 0.29) is 5.88 Å². The highest BCUT2D eigenvalue weighted by Gasteiger charge is 2.14. The van der Waals surface area contributed by atoms with Crippen LogP contribution in [-0.4, -0.2) is 47.2 Å². The molecule has 3 heterocycles. The number of aromatic amines is 2. The number of carbonyl (C=O) groups is 1. The van der Waals surface area contributed by atoms with Gasteiger partial charge in [0.05, 0.1) is 22.9 Å². The zero-order valence-corrected chi connectivity index (χ0v) is 12.6. The number of aliphatic carboxylic acids is 1. The molecule has 0 unspecified atom stereocenters. The Balaban J connectivity index is 1.56. The van der Waals surface area contributed by atoms with E-state index in [1.54, 1.807) is 18.5 Å². The normalized spacial score (nSPS) is 11.0. The quantitative estimate of drug-likeness (QED) is 0.390. The van der Waals surface area contributed by atoms with Crippen LogP contribution in [0, 0.1) is 0 Å². The van der Waals surface area contributed by atoms with Crippen molar-refractivity contribution >= 4 is 23.0 Å². The van der Waals surface area contributed by atoms with Crippen LogP contribution in [0.5, 0.6) is 5.88 Å². The van der Waals surface area contributed by atoms with Gasteiger partial charge in [-0.25, -0.2) is 9.78 Å². The van der Waals surface area contributed by atoms with E-state index in [2.05, 4.69) is 25.3 Å². The molecule has 0 aliphatic rings. The molecule has 10 nitrogen and oxygen atoms in total. The molecule has 0 amide bonds. The van der Waals surface area contributed by atoms with Gasteiger partial charge in [0.15, 0.2) is 0 Å². The van der Waals surface area contributed by atoms with Crippen molar-refractivity contribution in [3.05, 3.63) is 34.6 Å². The molecule has 3 aromatic heterocycles. The zero-order chi connectivity index (χ0) is 17.1. The highest BCUT2D eigenvalue weighted by molar-refractivity contribution is 5.76. The molecular weight excluding hydrogens is 316 g/mol. The molecule has 0 aliphatic carbocycles. The maximum Gasteiger partial charge on any atom is 0.329 e. The van der Waals surface area contributed by atoms with Gasteiger partial charge in [-0.15, -0.1) is 0 Å². The molecule has 0 bridgehead atoms. The minimum Gasteiger partial charge on any atom is -0.493 e. The van der Waals surface area contributed by atoms with Crippen molar-refractivity contribution in [3.63, 3.8) is 0 Å². The van der Waals surface area contributed by atoms with Crippen LogP contribution in [0.3, 0.4) is 0 Å². The van der Waals surface area contributed by atoms with Crippen molar-refractivity contribution < 1.29 is 15.0 Å². The molecule has 0 aromatic carbocycles. The van der Waals surface area contributed by atoms with Crippen LogP contribution in [0.4, 0.5) is 5.95 Å². The Hall–Kier alpha value is -3.30. The average molecular weight is 332 g/mol. The Kier molecular flexibility index (Phi) is 4.18. The molecular formula is C14H16N6O4. The lowest BCUT2D eigenvalue weighted by Gasteiger charge is -2.03. The third kappa shape index (κ3) is 3.21. The third-order valence-electron chi connectivity index (χ3n) is 3.50. The summed E-state index contributed by atoms with van der Waals surface area (Å²) in [6.07, 6.45) is 4.34. The van der Waals surface area contributed by atoms with Crippen LogP contribution in [0.15, 0.2) is 23.3 Å². The molecule has 3 rings (SSSR count). The SMILES string of the molecule is O=C(O)Cn1c(O)c(CCCNc2nc3ccncc3[nH]2)[nH]c1=O. The van der Waals surface area contributed by atoms with Gasteiger partial charge < -0.3 is 25.5 Å². The monoisotopic (exact) mass is 332 g/mol. The predicted octanol–water partition coefficient (Wildman–Crippen LogP) is 0.283. The summed E-state index contributed by atoms with van der Waals surface area (Å²) < 4.78 is 0.789. The average Bonchev–Trinajstić information content (AvgIpc) is 3.07. The minimum atomic E-state index is -1.20. The van der Waals surface area contributed by atoms with Crippen molar-refractivity contribution in [2.45, 2.75) is 19.4 Å². The number of hydrogen-bond donors (Lipinski definition) is 5. The van der Waals surface area contributed by atoms with Gasteiger partial charge in [0.25, 0.3) is 0 Å². The Morgan fingerprint density at radius 2 is 2.21 bits per heavy atom. The first-order chi connectivity index (χ1) is 11.5. The van der Waals surface area contributed by atoms with E-state index in [9.17, 15) is 14.7 Å². The molecule has 126 valence electrons. The molecule has 0 radical (unpaired) electrons. The van der Waals surface area contributed by atoms with Crippen molar-refractivity contribution in [1.82, 2.24) is 24.5 Å². The summed E-state index contributed by atoms with van der Waals surface area (Å²) in [7, 11) is 0. The van der Waals surface area contributed by atoms with Crippen LogP contribution in [0.2, 0.25) is 0 Å². The number of imidazole rings is 2. The van der Waals surface area contributed by atoms with Crippen molar-refractivity contribution in [3.8, 4) is 5.88 Å². The standard InChI is InChI=1S/C14H16N6O4/c21-11(22)7-20-12(23)9(19-14(20)24)2-1-4-16-13-17-8-3-5-15-6-10(8)18-13/h3,5-6,23H,1-2,4,7H2,(H,19,24)(H,21,22)(H2,16,17,18). The number of aromatic nitrogens is 5. The van der Waals surface area contributed by atoms with Gasteiger partial charge in [-0.3, -0.25) is 14.3 Å². The molecule has 0 aliphatic heterocycles. The lowest BCUT2D eigenvalue weighted by Crippen LogP contribution is -2.21. The molecule has 5 N–H and O–H groups in total. The second-order valence-electron chi connectivity index (χ2n) is 5.22. The van der Waals surface area contributed by atoms with Crippen LogP contribution in [0.25, 0.3) is 11.0 Å². The Morgan fingerprint density at radius 1 is 1.38 bits per heavy atom. The van der Waals surface area contributed by atoms with Crippen molar-refractivity contribution in [2.75, 3.05) is 11.9 Å². The lowest BCUT2D eigenvalue weighted by molar-refractivity contribution is -0.137. The summed E-state index contributed by atoms with van der Waals surface area (Å²) in [4.78, 5) is 36.2. The number of carboxylic acid groups (broad SMARTS) is 1. The first-order valence-corrected chi connectivity index (χ1v) is 7.30. The minimum absolute atomic E-state index is 0.317. The van der Waals surface area contributed by atoms with E-state index in [1.807, 2.05) is 0 Å². The number of hydrogen-bond acceptors (Lipinski definition) is 6. The summed E-state index contributed by atoms with van der Waals surface area (Å²) in [6.45, 7) is -0.0226. The fourth-order valence-electron chi connectivity index (χ4n) is 2.38. The van der Waals surface area contributed by atoms with Gasteiger partial charge >= 0.3 is 11.7 Å². The van der Waals surface area contributed by atoms with Gasteiger partial charge in [-0.05, 0) is 18.9 Å². The number of pyridine rings is 1. The summed E-state index contributed by atoms with van der Waals surface area (Å²) >= 11 is 0. The molecule has 10 heteroatoms. The highest BCUT2D eigenvalue weighted by Crippen LogP contribution is 2.15. The van der Waals surface area contributed by atoms with Crippen LogP contribution in [-0.2, 0) is 17.8 Å². The van der Waals surface area contributed by atoms with E-state index in [0.29, 0.717) is 31.0 Å². The molecule has 3 aromatic rings. The molecule has 0 fully saturated rings. The van der Waals surface area contributed by atoms with Gasteiger partial charge in [0.1, 0.15) is 6.54 Å². The van der Waals surface area contributed by atoms with Gasteiger partial charge in [0.2, 0.25) is 11.8 Å². The number of H-pyrrole nitrogens is 2. The second kappa shape index (κ2) is 6.44. The fourth-order valence-corrected chi connectivity index (χ4v) is 2.38. The molecule has 0 saturated carbocycles. The molecule has 0 spiro atoms. The summed E-state index contributed by atoms with van der Waals surface area (Å²) in [6, 6.07) is 1.80. The van der Waals surface area contributed by atoms with Gasteiger partial charge in [-0.2, -0.15) is 0 Å². The lowest BCUT2D eigenvalue weighted by atomic mass is 10.2. The van der Waals surface area contributed by atoms with Crippen LogP contribution < -0.4 is 11.0 Å². The Morgan fingerprint density at radius 3 is 2.96 bits per heavy atom. The summed E-state index contributed by atoms with van der Waals surface area (Å²) in [5.41, 5.74) is 1.31. The largest absolute Gasteiger partial charge is 0.493 e. The Labute approximate surface area is 135 Å². The first kappa shape index (κ1) is 15.6. The maximum atomic E-state index is 11.6. The number of aromatic hydroxyl groups is 1. The van der Waals surface area contributed by atoms with E-state index in [1.165, 1.54) is 0 Å². The number of nitrogens with zero attached hydrogens (tertiary/aromatic N) is 3. The predicted molar refractivity (Wildman–Crippen MR) is 85.1 cm³/mol. The maximum absolute atomic E-state index is 11.6. The topological polar surface area (TPSA) is 149 Å². The van der Waals surface area contributed by atoms with Crippen LogP contribution >= 0.6 is 0 Å². The Bertz CT molecular complexity index is 892. The first-order valence-electron chi connectivity index (χ1n) is 7.30. The van der Waals surface area contributed by atoms with E-state index >= 15 is 0 Å². The summed E-state index contributed by atoms with van der Waals surface area (Å²) in [5, 5.41) is 21.7. The zero-order valence-electron chi connectivity index (χ0n) is 12.6. The van der Waals surface area contributed by atoms with Crippen LogP contribution in [0.1, 0.15) is 12.1 Å². The number of nitrogens with one attached hydrogen (secondary N) is 3. The number of carboxylic acids is 1. The number of fused-ring (bicyclic) bond motifs is 1. The molecule has 0 saturated heterocycles.